The predicted octanol–water partition coefficient (Wildman–Crippen LogP) is 3.32. The van der Waals surface area contributed by atoms with Crippen LogP contribution >= 0.6 is 0 Å². The van der Waals surface area contributed by atoms with Crippen LogP contribution in [-0.4, -0.2) is 17.0 Å². The molecule has 2 aromatic rings. The number of anilines is 1. The summed E-state index contributed by atoms with van der Waals surface area (Å²) in [5, 5.41) is 12.0. The second kappa shape index (κ2) is 5.66. The zero-order valence-corrected chi connectivity index (χ0v) is 11.6. The highest BCUT2D eigenvalue weighted by molar-refractivity contribution is 5.70. The van der Waals surface area contributed by atoms with Crippen molar-refractivity contribution in [2.45, 2.75) is 19.8 Å². The third kappa shape index (κ3) is 2.59. The Morgan fingerprint density at radius 2 is 2.00 bits per heavy atom. The maximum Gasteiger partial charge on any atom is 0.133 e. The number of hydrogen-bond acceptors (Lipinski definition) is 4. The summed E-state index contributed by atoms with van der Waals surface area (Å²) in [6.45, 7) is 4.04. The first-order valence-electron chi connectivity index (χ1n) is 6.30. The average Bonchev–Trinajstić information content (AvgIpc) is 2.45. The Morgan fingerprint density at radius 3 is 2.60 bits per heavy atom. The van der Waals surface area contributed by atoms with Gasteiger partial charge in [0.1, 0.15) is 18.0 Å². The van der Waals surface area contributed by atoms with Crippen molar-refractivity contribution in [2.24, 2.45) is 0 Å². The molecular formula is C15H15FN4. The van der Waals surface area contributed by atoms with E-state index >= 15 is 0 Å². The lowest BCUT2D eigenvalue weighted by Crippen LogP contribution is -2.05. The van der Waals surface area contributed by atoms with E-state index in [4.69, 9.17) is 5.26 Å². The Hall–Kier alpha value is -2.48. The summed E-state index contributed by atoms with van der Waals surface area (Å²) in [7, 11) is 1.78. The fourth-order valence-corrected chi connectivity index (χ4v) is 2.16. The van der Waals surface area contributed by atoms with Crippen molar-refractivity contribution < 1.29 is 4.39 Å². The van der Waals surface area contributed by atoms with Gasteiger partial charge < -0.3 is 5.32 Å². The van der Waals surface area contributed by atoms with E-state index in [0.717, 1.165) is 5.56 Å². The normalized spacial score (nSPS) is 10.4. The summed E-state index contributed by atoms with van der Waals surface area (Å²) in [5.41, 5.74) is 2.42. The smallest absolute Gasteiger partial charge is 0.133 e. The van der Waals surface area contributed by atoms with Crippen LogP contribution in [0.15, 0.2) is 24.5 Å². The SMILES string of the molecule is CNc1ncnc(-c2cc(F)cc(C#N)c2)c1C(C)C. The maximum absolute atomic E-state index is 13.6. The van der Waals surface area contributed by atoms with Crippen molar-refractivity contribution in [3.05, 3.63) is 41.5 Å². The van der Waals surface area contributed by atoms with Gasteiger partial charge in [-0.15, -0.1) is 0 Å². The molecule has 2 rings (SSSR count). The molecule has 0 bridgehead atoms. The lowest BCUT2D eigenvalue weighted by molar-refractivity contribution is 0.627. The molecule has 1 N–H and O–H groups in total. The minimum absolute atomic E-state index is 0.169. The topological polar surface area (TPSA) is 61.6 Å². The summed E-state index contributed by atoms with van der Waals surface area (Å²) in [6.07, 6.45) is 1.43. The Bertz CT molecular complexity index is 674. The third-order valence-electron chi connectivity index (χ3n) is 3.00. The van der Waals surface area contributed by atoms with Crippen LogP contribution in [0, 0.1) is 17.1 Å². The molecule has 0 amide bonds. The fraction of sp³-hybridized carbons (Fsp3) is 0.267. The highest BCUT2D eigenvalue weighted by Gasteiger charge is 2.16. The molecule has 5 heteroatoms. The lowest BCUT2D eigenvalue weighted by Gasteiger charge is -2.15. The molecule has 0 radical (unpaired) electrons. The molecule has 1 heterocycles. The first-order chi connectivity index (χ1) is 9.56. The number of nitrogens with zero attached hydrogens (tertiary/aromatic N) is 3. The Kier molecular flexibility index (Phi) is 3.94. The summed E-state index contributed by atoms with van der Waals surface area (Å²) in [6, 6.07) is 6.18. The summed E-state index contributed by atoms with van der Waals surface area (Å²) in [5.74, 6) is 0.439. The van der Waals surface area contributed by atoms with Gasteiger partial charge in [-0.1, -0.05) is 13.8 Å². The molecule has 0 saturated heterocycles. The van der Waals surface area contributed by atoms with Crippen molar-refractivity contribution in [3.8, 4) is 17.3 Å². The second-order valence-corrected chi connectivity index (χ2v) is 4.73. The van der Waals surface area contributed by atoms with Gasteiger partial charge in [-0.05, 0) is 24.1 Å². The number of aromatic nitrogens is 2. The molecular weight excluding hydrogens is 255 g/mol. The van der Waals surface area contributed by atoms with Gasteiger partial charge >= 0.3 is 0 Å². The summed E-state index contributed by atoms with van der Waals surface area (Å²) in [4.78, 5) is 8.46. The maximum atomic E-state index is 13.6. The summed E-state index contributed by atoms with van der Waals surface area (Å²) < 4.78 is 13.6. The quantitative estimate of drug-likeness (QED) is 0.929. The first-order valence-corrected chi connectivity index (χ1v) is 6.30. The van der Waals surface area contributed by atoms with Crippen LogP contribution in [0.5, 0.6) is 0 Å². The fourth-order valence-electron chi connectivity index (χ4n) is 2.16. The van der Waals surface area contributed by atoms with E-state index in [2.05, 4.69) is 15.3 Å². The Balaban J connectivity index is 2.70. The largest absolute Gasteiger partial charge is 0.373 e. The molecule has 1 aromatic heterocycles. The number of nitrogens with one attached hydrogen (secondary N) is 1. The van der Waals surface area contributed by atoms with E-state index in [-0.39, 0.29) is 11.5 Å². The molecule has 20 heavy (non-hydrogen) atoms. The van der Waals surface area contributed by atoms with Crippen LogP contribution in [0.4, 0.5) is 10.2 Å². The van der Waals surface area contributed by atoms with Crippen LogP contribution < -0.4 is 5.32 Å². The van der Waals surface area contributed by atoms with Crippen LogP contribution in [0.2, 0.25) is 0 Å². The Labute approximate surface area is 117 Å². The van der Waals surface area contributed by atoms with E-state index in [1.54, 1.807) is 13.1 Å². The van der Waals surface area contributed by atoms with Crippen LogP contribution in [0.3, 0.4) is 0 Å². The van der Waals surface area contributed by atoms with E-state index in [0.29, 0.717) is 17.1 Å². The van der Waals surface area contributed by atoms with Crippen molar-refractivity contribution >= 4 is 5.82 Å². The molecule has 0 unspecified atom stereocenters. The third-order valence-corrected chi connectivity index (χ3v) is 3.00. The number of halogens is 1. The molecule has 4 nitrogen and oxygen atoms in total. The van der Waals surface area contributed by atoms with Gasteiger partial charge in [-0.25, -0.2) is 14.4 Å². The molecule has 0 spiro atoms. The van der Waals surface area contributed by atoms with Gasteiger partial charge in [-0.3, -0.25) is 0 Å². The van der Waals surface area contributed by atoms with Crippen molar-refractivity contribution in [1.29, 1.82) is 5.26 Å². The molecule has 0 aliphatic carbocycles. The van der Waals surface area contributed by atoms with Crippen molar-refractivity contribution in [3.63, 3.8) is 0 Å². The highest BCUT2D eigenvalue weighted by atomic mass is 19.1. The van der Waals surface area contributed by atoms with Gasteiger partial charge in [0.15, 0.2) is 0 Å². The van der Waals surface area contributed by atoms with Crippen LogP contribution in [0.25, 0.3) is 11.3 Å². The average molecular weight is 270 g/mol. The minimum atomic E-state index is -0.446. The molecule has 0 saturated carbocycles. The minimum Gasteiger partial charge on any atom is -0.373 e. The van der Waals surface area contributed by atoms with E-state index in [1.165, 1.54) is 18.5 Å². The number of benzene rings is 1. The molecule has 0 fully saturated rings. The molecule has 0 aliphatic rings. The zero-order valence-electron chi connectivity index (χ0n) is 11.6. The van der Waals surface area contributed by atoms with Gasteiger partial charge in [0.25, 0.3) is 0 Å². The first kappa shape index (κ1) is 13.9. The van der Waals surface area contributed by atoms with Crippen LogP contribution in [0.1, 0.15) is 30.9 Å². The monoisotopic (exact) mass is 270 g/mol. The van der Waals surface area contributed by atoms with Gasteiger partial charge in [0.05, 0.1) is 17.3 Å². The van der Waals surface area contributed by atoms with Gasteiger partial charge in [0.2, 0.25) is 0 Å². The Morgan fingerprint density at radius 1 is 1.25 bits per heavy atom. The van der Waals surface area contributed by atoms with Crippen LogP contribution in [-0.2, 0) is 0 Å². The van der Waals surface area contributed by atoms with Gasteiger partial charge in [-0.2, -0.15) is 5.26 Å². The highest BCUT2D eigenvalue weighted by Crippen LogP contribution is 2.32. The molecule has 102 valence electrons. The number of hydrogen-bond donors (Lipinski definition) is 1. The van der Waals surface area contributed by atoms with Crippen molar-refractivity contribution in [1.82, 2.24) is 9.97 Å². The summed E-state index contributed by atoms with van der Waals surface area (Å²) >= 11 is 0. The lowest BCUT2D eigenvalue weighted by atomic mass is 9.96. The standard InChI is InChI=1S/C15H15FN4/c1-9(2)13-14(19-8-20-15(13)18-3)11-4-10(7-17)5-12(16)6-11/h4-6,8-9H,1-3H3,(H,18,19,20). The predicted molar refractivity (Wildman–Crippen MR) is 75.8 cm³/mol. The van der Waals surface area contributed by atoms with E-state index in [9.17, 15) is 4.39 Å². The zero-order chi connectivity index (χ0) is 14.7. The number of nitriles is 1. The van der Waals surface area contributed by atoms with E-state index < -0.39 is 5.82 Å². The number of rotatable bonds is 3. The molecule has 0 atom stereocenters. The van der Waals surface area contributed by atoms with E-state index in [1.807, 2.05) is 19.9 Å². The molecule has 1 aromatic carbocycles. The molecule has 0 aliphatic heterocycles. The van der Waals surface area contributed by atoms with Crippen molar-refractivity contribution in [2.75, 3.05) is 12.4 Å². The van der Waals surface area contributed by atoms with Gasteiger partial charge in [0, 0.05) is 18.2 Å². The second-order valence-electron chi connectivity index (χ2n) is 4.73.